The van der Waals surface area contributed by atoms with Crippen molar-refractivity contribution in [2.24, 2.45) is 11.3 Å². The first-order valence-corrected chi connectivity index (χ1v) is 11.9. The number of hydrogen-bond donors (Lipinski definition) is 1. The zero-order chi connectivity index (χ0) is 22.9. The molecular weight excluding hydrogens is 404 g/mol. The number of carbonyl (C=O) groups is 3. The summed E-state index contributed by atoms with van der Waals surface area (Å²) in [4.78, 5) is 44.2. The molecule has 1 spiro atoms. The zero-order valence-electron chi connectivity index (χ0n) is 19.6. The molecule has 4 amide bonds. The number of nitrogens with one attached hydrogen (secondary N) is 1. The minimum Gasteiger partial charge on any atom is -0.342 e. The van der Waals surface area contributed by atoms with Crippen molar-refractivity contribution in [3.8, 4) is 0 Å². The molecule has 7 heteroatoms. The van der Waals surface area contributed by atoms with E-state index in [4.69, 9.17) is 0 Å². The van der Waals surface area contributed by atoms with Crippen LogP contribution in [0, 0.1) is 11.3 Å². The maximum atomic E-state index is 13.3. The van der Waals surface area contributed by atoms with Gasteiger partial charge in [-0.25, -0.2) is 4.79 Å². The van der Waals surface area contributed by atoms with Crippen LogP contribution in [0.5, 0.6) is 0 Å². The highest BCUT2D eigenvalue weighted by molar-refractivity contribution is 6.07. The number of nitrogens with zero attached hydrogens (tertiary/aromatic N) is 3. The number of benzene rings is 1. The van der Waals surface area contributed by atoms with Crippen LogP contribution in [0.1, 0.15) is 52.0 Å². The van der Waals surface area contributed by atoms with Crippen LogP contribution >= 0.6 is 0 Å². The smallest absolute Gasteiger partial charge is 0.325 e. The highest BCUT2D eigenvalue weighted by Crippen LogP contribution is 2.32. The predicted molar refractivity (Wildman–Crippen MR) is 123 cm³/mol. The Morgan fingerprint density at radius 1 is 1.03 bits per heavy atom. The zero-order valence-corrected chi connectivity index (χ0v) is 19.6. The van der Waals surface area contributed by atoms with E-state index in [0.717, 1.165) is 32.5 Å². The van der Waals surface area contributed by atoms with Crippen molar-refractivity contribution in [2.45, 2.75) is 58.5 Å². The van der Waals surface area contributed by atoms with Crippen LogP contribution in [0.3, 0.4) is 0 Å². The van der Waals surface area contributed by atoms with Gasteiger partial charge in [-0.2, -0.15) is 0 Å². The number of hydrogen-bond acceptors (Lipinski definition) is 4. The molecule has 1 aromatic rings. The summed E-state index contributed by atoms with van der Waals surface area (Å²) in [5, 5.41) is 3.04. The molecule has 174 valence electrons. The average molecular weight is 441 g/mol. The Bertz CT molecular complexity index is 848. The fraction of sp³-hybridized carbons (Fsp3) is 0.640. The molecule has 1 aromatic carbocycles. The highest BCUT2D eigenvalue weighted by Gasteiger charge is 2.52. The van der Waals surface area contributed by atoms with Crippen LogP contribution in [-0.2, 0) is 16.1 Å². The summed E-state index contributed by atoms with van der Waals surface area (Å²) in [6.07, 6.45) is 2.96. The minimum atomic E-state index is -0.743. The van der Waals surface area contributed by atoms with Crippen LogP contribution in [0.15, 0.2) is 30.3 Å². The van der Waals surface area contributed by atoms with Crippen LogP contribution in [0.2, 0.25) is 0 Å². The number of likely N-dealkylation sites (tertiary alicyclic amines) is 2. The van der Waals surface area contributed by atoms with Gasteiger partial charge in [0.05, 0.1) is 0 Å². The van der Waals surface area contributed by atoms with E-state index >= 15 is 0 Å². The number of urea groups is 1. The molecule has 0 aromatic heterocycles. The van der Waals surface area contributed by atoms with Crippen molar-refractivity contribution in [1.82, 2.24) is 20.0 Å². The van der Waals surface area contributed by atoms with E-state index in [0.29, 0.717) is 32.5 Å². The molecule has 3 heterocycles. The summed E-state index contributed by atoms with van der Waals surface area (Å²) in [7, 11) is 0. The van der Waals surface area contributed by atoms with Crippen LogP contribution in [-0.4, -0.2) is 70.8 Å². The lowest BCUT2D eigenvalue weighted by atomic mass is 9.86. The molecule has 4 rings (SSSR count). The van der Waals surface area contributed by atoms with Crippen molar-refractivity contribution in [2.75, 3.05) is 32.7 Å². The third-order valence-electron chi connectivity index (χ3n) is 7.19. The average Bonchev–Trinajstić information content (AvgIpc) is 2.99. The van der Waals surface area contributed by atoms with Gasteiger partial charge in [0.1, 0.15) is 5.54 Å². The van der Waals surface area contributed by atoms with Crippen LogP contribution < -0.4 is 5.32 Å². The lowest BCUT2D eigenvalue weighted by Gasteiger charge is -2.38. The Morgan fingerprint density at radius 3 is 2.25 bits per heavy atom. The maximum absolute atomic E-state index is 13.3. The number of carbonyl (C=O) groups excluding carboxylic acids is 3. The Balaban J connectivity index is 1.30. The fourth-order valence-corrected chi connectivity index (χ4v) is 5.17. The fourth-order valence-electron chi connectivity index (χ4n) is 5.17. The molecule has 0 aliphatic carbocycles. The van der Waals surface area contributed by atoms with Crippen LogP contribution in [0.25, 0.3) is 0 Å². The first-order chi connectivity index (χ1) is 15.2. The lowest BCUT2D eigenvalue weighted by molar-refractivity contribution is -0.141. The first kappa shape index (κ1) is 22.8. The second-order valence-electron chi connectivity index (χ2n) is 10.7. The van der Waals surface area contributed by atoms with Gasteiger partial charge in [-0.15, -0.1) is 0 Å². The Labute approximate surface area is 191 Å². The molecule has 3 aliphatic rings. The SMILES string of the molecule is CC(C)(C)C(=O)N1CCC(CN2C(=O)NC3(CCN(Cc4ccccc4)CC3)C2=O)CC1. The summed E-state index contributed by atoms with van der Waals surface area (Å²) < 4.78 is 0. The van der Waals surface area contributed by atoms with Gasteiger partial charge in [-0.3, -0.25) is 19.4 Å². The lowest BCUT2D eigenvalue weighted by Crippen LogP contribution is -2.54. The predicted octanol–water partition coefficient (Wildman–Crippen LogP) is 2.86. The van der Waals surface area contributed by atoms with Crippen molar-refractivity contribution in [1.29, 1.82) is 0 Å². The van der Waals surface area contributed by atoms with Gasteiger partial charge in [0.25, 0.3) is 5.91 Å². The highest BCUT2D eigenvalue weighted by atomic mass is 16.2. The largest absolute Gasteiger partial charge is 0.342 e. The number of imide groups is 1. The van der Waals surface area contributed by atoms with Gasteiger partial charge in [-0.1, -0.05) is 51.1 Å². The van der Waals surface area contributed by atoms with E-state index in [1.807, 2.05) is 43.9 Å². The monoisotopic (exact) mass is 440 g/mol. The van der Waals surface area contributed by atoms with Gasteiger partial charge in [0.2, 0.25) is 5.91 Å². The van der Waals surface area contributed by atoms with Gasteiger partial charge in [-0.05, 0) is 37.2 Å². The van der Waals surface area contributed by atoms with E-state index in [1.165, 1.54) is 10.5 Å². The maximum Gasteiger partial charge on any atom is 0.325 e. The summed E-state index contributed by atoms with van der Waals surface area (Å²) in [5.41, 5.74) is 0.148. The quantitative estimate of drug-likeness (QED) is 0.731. The second-order valence-corrected chi connectivity index (χ2v) is 10.7. The molecule has 0 bridgehead atoms. The molecule has 3 fully saturated rings. The van der Waals surface area contributed by atoms with Crippen molar-refractivity contribution in [3.05, 3.63) is 35.9 Å². The van der Waals surface area contributed by atoms with E-state index in [1.54, 1.807) is 0 Å². The molecule has 0 radical (unpaired) electrons. The van der Waals surface area contributed by atoms with E-state index < -0.39 is 5.54 Å². The molecule has 3 aliphatic heterocycles. The second kappa shape index (κ2) is 8.85. The molecule has 0 saturated carbocycles. The standard InChI is InChI=1S/C25H36N4O3/c1-24(2,3)21(30)28-13-9-20(10-14-28)18-29-22(31)25(26-23(29)32)11-15-27(16-12-25)17-19-7-5-4-6-8-19/h4-8,20H,9-18H2,1-3H3,(H,26,32). The Morgan fingerprint density at radius 2 is 1.66 bits per heavy atom. The Hall–Kier alpha value is -2.41. The van der Waals surface area contributed by atoms with Gasteiger partial charge in [0, 0.05) is 44.7 Å². The summed E-state index contributed by atoms with van der Waals surface area (Å²) in [6, 6.07) is 10.1. The first-order valence-electron chi connectivity index (χ1n) is 11.9. The van der Waals surface area contributed by atoms with Crippen molar-refractivity contribution >= 4 is 17.8 Å². The third-order valence-corrected chi connectivity index (χ3v) is 7.19. The summed E-state index contributed by atoms with van der Waals surface area (Å²) in [5.74, 6) is 0.365. The van der Waals surface area contributed by atoms with Crippen LogP contribution in [0.4, 0.5) is 4.79 Å². The molecule has 0 atom stereocenters. The molecular formula is C25H36N4O3. The normalized spacial score (nSPS) is 22.5. The third kappa shape index (κ3) is 4.68. The van der Waals surface area contributed by atoms with Gasteiger partial charge in [0.15, 0.2) is 0 Å². The molecule has 0 unspecified atom stereocenters. The van der Waals surface area contributed by atoms with E-state index in [-0.39, 0.29) is 29.2 Å². The van der Waals surface area contributed by atoms with E-state index in [2.05, 4.69) is 22.3 Å². The topological polar surface area (TPSA) is 73.0 Å². The summed E-state index contributed by atoms with van der Waals surface area (Å²) in [6.45, 7) is 10.1. The number of amides is 4. The van der Waals surface area contributed by atoms with Crippen molar-refractivity contribution < 1.29 is 14.4 Å². The molecule has 3 saturated heterocycles. The Kier molecular flexibility index (Phi) is 6.30. The number of piperidine rings is 2. The van der Waals surface area contributed by atoms with Gasteiger partial charge < -0.3 is 10.2 Å². The summed E-state index contributed by atoms with van der Waals surface area (Å²) >= 11 is 0. The number of rotatable bonds is 4. The van der Waals surface area contributed by atoms with Crippen molar-refractivity contribution in [3.63, 3.8) is 0 Å². The van der Waals surface area contributed by atoms with E-state index in [9.17, 15) is 14.4 Å². The molecule has 7 nitrogen and oxygen atoms in total. The minimum absolute atomic E-state index is 0.0601. The van der Waals surface area contributed by atoms with Gasteiger partial charge >= 0.3 is 6.03 Å². The molecule has 1 N–H and O–H groups in total. The molecule has 32 heavy (non-hydrogen) atoms.